The maximum absolute atomic E-state index is 12.7. The van der Waals surface area contributed by atoms with E-state index in [9.17, 15) is 41.0 Å². The number of hydrogen-bond acceptors (Lipinski definition) is 6. The first-order chi connectivity index (χ1) is 19.3. The maximum atomic E-state index is 12.7. The monoisotopic (exact) mass is 595 g/mol. The molecule has 2 aromatic rings. The lowest BCUT2D eigenvalue weighted by Crippen LogP contribution is -2.37. The van der Waals surface area contributed by atoms with Gasteiger partial charge in [0.15, 0.2) is 6.10 Å². The number of hydrogen-bond donors (Lipinski definition) is 1. The van der Waals surface area contributed by atoms with E-state index in [4.69, 9.17) is 14.2 Å². The summed E-state index contributed by atoms with van der Waals surface area (Å²) in [5.41, 5.74) is 0.703. The molecule has 0 spiro atoms. The number of alkyl halides is 6. The Hall–Kier alpha value is -3.68. The SMILES string of the molecule is CCOC(Cc1ccc(OCCN(CCCCCC(F)(F)F)C(=O)Oc2ccc(OC(F)(F)F)cc2)cc1)C(=O)O. The first kappa shape index (κ1) is 33.5. The molecule has 0 bridgehead atoms. The van der Waals surface area contributed by atoms with Crippen LogP contribution >= 0.6 is 0 Å². The van der Waals surface area contributed by atoms with Gasteiger partial charge in [-0.25, -0.2) is 9.59 Å². The first-order valence-electron chi connectivity index (χ1n) is 12.7. The number of benzene rings is 2. The Morgan fingerprint density at radius 1 is 0.854 bits per heavy atom. The molecule has 1 atom stereocenters. The van der Waals surface area contributed by atoms with Gasteiger partial charge in [0.1, 0.15) is 23.9 Å². The van der Waals surface area contributed by atoms with E-state index in [0.717, 1.165) is 24.3 Å². The molecule has 41 heavy (non-hydrogen) atoms. The van der Waals surface area contributed by atoms with Crippen molar-refractivity contribution < 1.29 is 60.0 Å². The molecule has 1 unspecified atom stereocenters. The van der Waals surface area contributed by atoms with Gasteiger partial charge in [-0.3, -0.25) is 0 Å². The molecule has 0 radical (unpaired) electrons. The van der Waals surface area contributed by atoms with Crippen molar-refractivity contribution in [1.29, 1.82) is 0 Å². The highest BCUT2D eigenvalue weighted by Gasteiger charge is 2.31. The fraction of sp³-hybridized carbons (Fsp3) is 0.481. The number of carbonyl (C=O) groups is 2. The second-order valence-electron chi connectivity index (χ2n) is 8.78. The number of carboxylic acids is 1. The van der Waals surface area contributed by atoms with E-state index in [0.29, 0.717) is 11.3 Å². The largest absolute Gasteiger partial charge is 0.573 e. The van der Waals surface area contributed by atoms with Gasteiger partial charge < -0.3 is 29.0 Å². The van der Waals surface area contributed by atoms with Crippen LogP contribution in [-0.2, 0) is 16.0 Å². The summed E-state index contributed by atoms with van der Waals surface area (Å²) in [6.45, 7) is 1.99. The molecule has 8 nitrogen and oxygen atoms in total. The van der Waals surface area contributed by atoms with Gasteiger partial charge in [0.25, 0.3) is 0 Å². The Kier molecular flexibility index (Phi) is 13.0. The minimum Gasteiger partial charge on any atom is -0.492 e. The van der Waals surface area contributed by atoms with Crippen molar-refractivity contribution in [3.05, 3.63) is 54.1 Å². The molecule has 0 saturated heterocycles. The quantitative estimate of drug-likeness (QED) is 0.172. The van der Waals surface area contributed by atoms with Crippen molar-refractivity contribution in [3.63, 3.8) is 0 Å². The van der Waals surface area contributed by atoms with Crippen molar-refractivity contribution in [2.24, 2.45) is 0 Å². The highest BCUT2D eigenvalue weighted by Crippen LogP contribution is 2.25. The zero-order valence-corrected chi connectivity index (χ0v) is 22.2. The Labute approximate surface area is 232 Å². The third-order valence-corrected chi connectivity index (χ3v) is 5.53. The highest BCUT2D eigenvalue weighted by molar-refractivity contribution is 5.72. The van der Waals surface area contributed by atoms with Crippen molar-refractivity contribution in [1.82, 2.24) is 4.90 Å². The summed E-state index contributed by atoms with van der Waals surface area (Å²) in [6.07, 6.45) is -11.5. The van der Waals surface area contributed by atoms with Crippen LogP contribution in [0.1, 0.15) is 38.2 Å². The van der Waals surface area contributed by atoms with Crippen LogP contribution in [-0.4, -0.2) is 67.0 Å². The number of unbranched alkanes of at least 4 members (excludes halogenated alkanes) is 2. The number of aliphatic carboxylic acids is 1. The summed E-state index contributed by atoms with van der Waals surface area (Å²) < 4.78 is 94.1. The fourth-order valence-electron chi connectivity index (χ4n) is 3.60. The zero-order valence-electron chi connectivity index (χ0n) is 22.2. The molecular weight excluding hydrogens is 564 g/mol. The van der Waals surface area contributed by atoms with Crippen LogP contribution in [0.3, 0.4) is 0 Å². The molecule has 0 fully saturated rings. The number of carbonyl (C=O) groups excluding carboxylic acids is 1. The predicted molar refractivity (Wildman–Crippen MR) is 134 cm³/mol. The van der Waals surface area contributed by atoms with Gasteiger partial charge in [0, 0.05) is 26.0 Å². The Morgan fingerprint density at radius 3 is 2.02 bits per heavy atom. The van der Waals surface area contributed by atoms with Crippen LogP contribution in [0.4, 0.5) is 31.1 Å². The molecule has 2 aromatic carbocycles. The average molecular weight is 596 g/mol. The van der Waals surface area contributed by atoms with Crippen molar-refractivity contribution >= 4 is 12.1 Å². The molecule has 14 heteroatoms. The second kappa shape index (κ2) is 15.9. The fourth-order valence-corrected chi connectivity index (χ4v) is 3.60. The number of halogens is 6. The molecule has 1 N–H and O–H groups in total. The summed E-state index contributed by atoms with van der Waals surface area (Å²) >= 11 is 0. The van der Waals surface area contributed by atoms with Gasteiger partial charge in [-0.15, -0.1) is 13.2 Å². The van der Waals surface area contributed by atoms with E-state index in [1.165, 1.54) is 4.90 Å². The average Bonchev–Trinajstić information content (AvgIpc) is 2.87. The number of nitrogens with zero attached hydrogens (tertiary/aromatic N) is 1. The van der Waals surface area contributed by atoms with Crippen molar-refractivity contribution in [2.45, 2.75) is 57.7 Å². The number of carboxylic acid groups (broad SMARTS) is 1. The van der Waals surface area contributed by atoms with Crippen LogP contribution in [0.5, 0.6) is 17.2 Å². The van der Waals surface area contributed by atoms with E-state index in [-0.39, 0.29) is 57.7 Å². The van der Waals surface area contributed by atoms with Gasteiger partial charge in [0.05, 0.1) is 6.54 Å². The molecule has 2 rings (SSSR count). The summed E-state index contributed by atoms with van der Waals surface area (Å²) in [5, 5.41) is 9.22. The smallest absolute Gasteiger partial charge is 0.492 e. The summed E-state index contributed by atoms with van der Waals surface area (Å²) in [4.78, 5) is 25.2. The topological polar surface area (TPSA) is 94.5 Å². The zero-order chi connectivity index (χ0) is 30.5. The van der Waals surface area contributed by atoms with Gasteiger partial charge in [-0.2, -0.15) is 13.2 Å². The molecule has 228 valence electrons. The number of ether oxygens (including phenoxy) is 4. The standard InChI is InChI=1S/C27H31F6NO7/c1-2-38-23(24(35)36)18-19-6-8-20(9-7-19)39-17-16-34(15-5-3-4-14-26(28,29)30)25(37)40-21-10-12-22(13-11-21)41-27(31,32)33/h6-13,23H,2-5,14-18H2,1H3,(H,35,36). The van der Waals surface area contributed by atoms with Crippen molar-refractivity contribution in [2.75, 3.05) is 26.3 Å². The lowest BCUT2D eigenvalue weighted by atomic mass is 10.1. The molecule has 0 aliphatic rings. The molecule has 0 aliphatic heterocycles. The highest BCUT2D eigenvalue weighted by atomic mass is 19.4. The van der Waals surface area contributed by atoms with Crippen LogP contribution in [0, 0.1) is 0 Å². The van der Waals surface area contributed by atoms with E-state index in [1.807, 2.05) is 0 Å². The van der Waals surface area contributed by atoms with E-state index >= 15 is 0 Å². The Morgan fingerprint density at radius 2 is 1.46 bits per heavy atom. The predicted octanol–water partition coefficient (Wildman–Crippen LogP) is 6.62. The number of amides is 1. The third kappa shape index (κ3) is 14.0. The minimum absolute atomic E-state index is 0.000548. The summed E-state index contributed by atoms with van der Waals surface area (Å²) in [7, 11) is 0. The molecule has 0 heterocycles. The van der Waals surface area contributed by atoms with Crippen LogP contribution in [0.15, 0.2) is 48.5 Å². The minimum atomic E-state index is -4.88. The molecule has 1 amide bonds. The third-order valence-electron chi connectivity index (χ3n) is 5.53. The van der Waals surface area contributed by atoms with Crippen LogP contribution in [0.2, 0.25) is 0 Å². The van der Waals surface area contributed by atoms with Gasteiger partial charge >= 0.3 is 24.6 Å². The van der Waals surface area contributed by atoms with E-state index in [2.05, 4.69) is 4.74 Å². The maximum Gasteiger partial charge on any atom is 0.573 e. The lowest BCUT2D eigenvalue weighted by molar-refractivity contribution is -0.274. The lowest BCUT2D eigenvalue weighted by Gasteiger charge is -2.22. The molecule has 0 saturated carbocycles. The van der Waals surface area contributed by atoms with Crippen LogP contribution in [0.25, 0.3) is 0 Å². The Bertz CT molecular complexity index is 1080. The van der Waals surface area contributed by atoms with E-state index in [1.54, 1.807) is 31.2 Å². The molecular formula is C27H31F6NO7. The van der Waals surface area contributed by atoms with E-state index < -0.39 is 42.9 Å². The van der Waals surface area contributed by atoms with Gasteiger partial charge in [-0.05, 0) is 61.7 Å². The van der Waals surface area contributed by atoms with Crippen LogP contribution < -0.4 is 14.2 Å². The second-order valence-corrected chi connectivity index (χ2v) is 8.78. The summed E-state index contributed by atoms with van der Waals surface area (Å²) in [5.74, 6) is -1.22. The van der Waals surface area contributed by atoms with Gasteiger partial charge in [-0.1, -0.05) is 18.6 Å². The summed E-state index contributed by atoms with van der Waals surface area (Å²) in [6, 6.07) is 10.7. The van der Waals surface area contributed by atoms with Crippen molar-refractivity contribution in [3.8, 4) is 17.2 Å². The Balaban J connectivity index is 1.95. The molecule has 0 aliphatic carbocycles. The van der Waals surface area contributed by atoms with Gasteiger partial charge in [0.2, 0.25) is 0 Å². The number of rotatable bonds is 16. The first-order valence-corrected chi connectivity index (χ1v) is 12.7. The molecule has 0 aromatic heterocycles. The normalized spacial score (nSPS) is 12.5.